The molecule has 1 fully saturated rings. The molecule has 130 valence electrons. The predicted octanol–water partition coefficient (Wildman–Crippen LogP) is 4.01. The van der Waals surface area contributed by atoms with E-state index >= 15 is 0 Å². The van der Waals surface area contributed by atoms with Crippen molar-refractivity contribution in [3.8, 4) is 11.5 Å². The number of aromatic nitrogens is 1. The zero-order chi connectivity index (χ0) is 17.2. The molecule has 0 bridgehead atoms. The predicted molar refractivity (Wildman–Crippen MR) is 95.3 cm³/mol. The number of ether oxygens (including phenoxy) is 2. The summed E-state index contributed by atoms with van der Waals surface area (Å²) in [5.74, 6) is 1.59. The average Bonchev–Trinajstić information content (AvgIpc) is 3.24. The van der Waals surface area contributed by atoms with E-state index in [4.69, 9.17) is 9.47 Å². The second-order valence-corrected chi connectivity index (χ2v) is 6.98. The highest BCUT2D eigenvalue weighted by Gasteiger charge is 2.33. The monoisotopic (exact) mass is 337 g/mol. The highest BCUT2D eigenvalue weighted by atomic mass is 16.5. The Morgan fingerprint density at radius 3 is 2.72 bits per heavy atom. The summed E-state index contributed by atoms with van der Waals surface area (Å²) in [6.45, 7) is 0. The molecule has 0 N–H and O–H groups in total. The lowest BCUT2D eigenvalue weighted by atomic mass is 9.99. The SMILES string of the molecule is COc1cc2c(cc1OC1CCCC1)C(=O)C(Cc1ccccn1)C2. The molecular weight excluding hydrogens is 314 g/mol. The van der Waals surface area contributed by atoms with Crippen LogP contribution in [0.5, 0.6) is 11.5 Å². The summed E-state index contributed by atoms with van der Waals surface area (Å²) in [5.41, 5.74) is 2.80. The smallest absolute Gasteiger partial charge is 0.167 e. The van der Waals surface area contributed by atoms with E-state index < -0.39 is 0 Å². The van der Waals surface area contributed by atoms with Gasteiger partial charge >= 0.3 is 0 Å². The van der Waals surface area contributed by atoms with Crippen molar-refractivity contribution in [2.45, 2.75) is 44.6 Å². The Morgan fingerprint density at radius 1 is 1.16 bits per heavy atom. The summed E-state index contributed by atoms with van der Waals surface area (Å²) in [6.07, 6.45) is 8.02. The molecule has 0 aliphatic heterocycles. The topological polar surface area (TPSA) is 48.4 Å². The van der Waals surface area contributed by atoms with Gasteiger partial charge in [-0.2, -0.15) is 0 Å². The van der Waals surface area contributed by atoms with Crippen molar-refractivity contribution in [1.82, 2.24) is 4.98 Å². The number of hydrogen-bond donors (Lipinski definition) is 0. The standard InChI is InChI=1S/C21H23NO3/c1-24-19-12-14-10-15(11-16-6-4-5-9-22-16)21(23)18(14)13-20(19)25-17-7-2-3-8-17/h4-6,9,12-13,15,17H,2-3,7-8,10-11H2,1H3. The van der Waals surface area contributed by atoms with Gasteiger partial charge < -0.3 is 9.47 Å². The normalized spacial score (nSPS) is 19.9. The summed E-state index contributed by atoms with van der Waals surface area (Å²) in [7, 11) is 1.66. The zero-order valence-electron chi connectivity index (χ0n) is 14.5. The van der Waals surface area contributed by atoms with Gasteiger partial charge in [0.25, 0.3) is 0 Å². The third-order valence-corrected chi connectivity index (χ3v) is 5.27. The second-order valence-electron chi connectivity index (χ2n) is 6.98. The van der Waals surface area contributed by atoms with Gasteiger partial charge in [0, 0.05) is 29.8 Å². The van der Waals surface area contributed by atoms with Crippen molar-refractivity contribution in [2.75, 3.05) is 7.11 Å². The minimum absolute atomic E-state index is 0.0451. The quantitative estimate of drug-likeness (QED) is 0.827. The Bertz CT molecular complexity index is 766. The van der Waals surface area contributed by atoms with Gasteiger partial charge in [0.2, 0.25) is 0 Å². The first-order valence-electron chi connectivity index (χ1n) is 9.06. The van der Waals surface area contributed by atoms with Crippen LogP contribution in [0, 0.1) is 5.92 Å². The van der Waals surface area contributed by atoms with E-state index in [2.05, 4.69) is 4.98 Å². The first kappa shape index (κ1) is 16.1. The van der Waals surface area contributed by atoms with E-state index in [1.54, 1.807) is 13.3 Å². The number of methoxy groups -OCH3 is 1. The Morgan fingerprint density at radius 2 is 2.00 bits per heavy atom. The van der Waals surface area contributed by atoms with E-state index in [9.17, 15) is 4.79 Å². The van der Waals surface area contributed by atoms with Crippen molar-refractivity contribution in [3.63, 3.8) is 0 Å². The van der Waals surface area contributed by atoms with Crippen molar-refractivity contribution in [3.05, 3.63) is 53.3 Å². The molecule has 4 heteroatoms. The average molecular weight is 337 g/mol. The molecule has 0 amide bonds. The third-order valence-electron chi connectivity index (χ3n) is 5.27. The van der Waals surface area contributed by atoms with E-state index in [0.717, 1.165) is 41.8 Å². The maximum absolute atomic E-state index is 12.9. The Balaban J connectivity index is 1.57. The fourth-order valence-corrected chi connectivity index (χ4v) is 3.95. The van der Waals surface area contributed by atoms with Crippen LogP contribution in [0.3, 0.4) is 0 Å². The van der Waals surface area contributed by atoms with Crippen LogP contribution in [-0.2, 0) is 12.8 Å². The van der Waals surface area contributed by atoms with Crippen molar-refractivity contribution < 1.29 is 14.3 Å². The van der Waals surface area contributed by atoms with Gasteiger partial charge in [-0.05, 0) is 61.9 Å². The molecule has 1 aromatic heterocycles. The molecule has 0 spiro atoms. The number of carbonyl (C=O) groups is 1. The fraction of sp³-hybridized carbons (Fsp3) is 0.429. The highest BCUT2D eigenvalue weighted by molar-refractivity contribution is 6.03. The molecule has 25 heavy (non-hydrogen) atoms. The van der Waals surface area contributed by atoms with Gasteiger partial charge in [0.05, 0.1) is 13.2 Å². The molecule has 1 atom stereocenters. The molecule has 1 saturated carbocycles. The Hall–Kier alpha value is -2.36. The van der Waals surface area contributed by atoms with E-state index in [-0.39, 0.29) is 17.8 Å². The van der Waals surface area contributed by atoms with Crippen LogP contribution in [0.25, 0.3) is 0 Å². The Labute approximate surface area is 148 Å². The van der Waals surface area contributed by atoms with Crippen molar-refractivity contribution in [2.24, 2.45) is 5.92 Å². The van der Waals surface area contributed by atoms with Crippen LogP contribution in [0.4, 0.5) is 0 Å². The number of Topliss-reactive ketones (excluding diaryl/α,β-unsaturated/α-hetero) is 1. The minimum Gasteiger partial charge on any atom is -0.493 e. The first-order valence-corrected chi connectivity index (χ1v) is 9.06. The summed E-state index contributed by atoms with van der Waals surface area (Å²) in [6, 6.07) is 9.71. The van der Waals surface area contributed by atoms with E-state index in [0.29, 0.717) is 12.2 Å². The number of ketones is 1. The summed E-state index contributed by atoms with van der Waals surface area (Å²) in [4.78, 5) is 17.2. The molecule has 2 aliphatic rings. The van der Waals surface area contributed by atoms with Gasteiger partial charge in [-0.3, -0.25) is 9.78 Å². The molecule has 2 aromatic rings. The molecule has 4 nitrogen and oxygen atoms in total. The number of nitrogens with zero attached hydrogens (tertiary/aromatic N) is 1. The highest BCUT2D eigenvalue weighted by Crippen LogP contribution is 2.39. The zero-order valence-corrected chi connectivity index (χ0v) is 14.5. The second kappa shape index (κ2) is 6.87. The number of fused-ring (bicyclic) bond motifs is 1. The van der Waals surface area contributed by atoms with Gasteiger partial charge in [0.15, 0.2) is 17.3 Å². The number of rotatable bonds is 5. The van der Waals surface area contributed by atoms with Gasteiger partial charge in [-0.25, -0.2) is 0 Å². The third kappa shape index (κ3) is 3.26. The van der Waals surface area contributed by atoms with Gasteiger partial charge in [0.1, 0.15) is 0 Å². The van der Waals surface area contributed by atoms with Crippen LogP contribution in [0.2, 0.25) is 0 Å². The maximum Gasteiger partial charge on any atom is 0.167 e. The molecule has 2 aliphatic carbocycles. The molecule has 0 saturated heterocycles. The number of benzene rings is 1. The fourth-order valence-electron chi connectivity index (χ4n) is 3.95. The van der Waals surface area contributed by atoms with Crippen LogP contribution in [0.15, 0.2) is 36.5 Å². The first-order chi connectivity index (χ1) is 12.2. The number of carbonyl (C=O) groups excluding carboxylic acids is 1. The number of hydrogen-bond acceptors (Lipinski definition) is 4. The summed E-state index contributed by atoms with van der Waals surface area (Å²) in [5, 5.41) is 0. The molecular formula is C21H23NO3. The van der Waals surface area contributed by atoms with Crippen LogP contribution in [-0.4, -0.2) is 24.0 Å². The van der Waals surface area contributed by atoms with Crippen LogP contribution < -0.4 is 9.47 Å². The van der Waals surface area contributed by atoms with Gasteiger partial charge in [-0.15, -0.1) is 0 Å². The minimum atomic E-state index is -0.0451. The molecule has 1 unspecified atom stereocenters. The summed E-state index contributed by atoms with van der Waals surface area (Å²) < 4.78 is 11.7. The van der Waals surface area contributed by atoms with Crippen LogP contribution >= 0.6 is 0 Å². The van der Waals surface area contributed by atoms with Crippen molar-refractivity contribution in [1.29, 1.82) is 0 Å². The molecule has 4 rings (SSSR count). The molecule has 0 radical (unpaired) electrons. The lowest BCUT2D eigenvalue weighted by molar-refractivity contribution is 0.0935. The lowest BCUT2D eigenvalue weighted by Gasteiger charge is -2.17. The molecule has 1 heterocycles. The Kier molecular flexibility index (Phi) is 4.43. The lowest BCUT2D eigenvalue weighted by Crippen LogP contribution is -2.13. The number of pyridine rings is 1. The van der Waals surface area contributed by atoms with E-state index in [1.165, 1.54) is 12.8 Å². The maximum atomic E-state index is 12.9. The van der Waals surface area contributed by atoms with Crippen molar-refractivity contribution >= 4 is 5.78 Å². The van der Waals surface area contributed by atoms with E-state index in [1.807, 2.05) is 30.3 Å². The summed E-state index contributed by atoms with van der Waals surface area (Å²) >= 11 is 0. The van der Waals surface area contributed by atoms with Gasteiger partial charge in [-0.1, -0.05) is 6.07 Å². The molecule has 1 aromatic carbocycles. The largest absolute Gasteiger partial charge is 0.493 e. The van der Waals surface area contributed by atoms with Crippen LogP contribution in [0.1, 0.15) is 47.3 Å².